The van der Waals surface area contributed by atoms with Gasteiger partial charge in [-0.1, -0.05) is 0 Å². The Balaban J connectivity index is 3.32. The highest BCUT2D eigenvalue weighted by atomic mass is 19.4. The Kier molecular flexibility index (Phi) is 4.76. The quantitative estimate of drug-likeness (QED) is 0.776. The van der Waals surface area contributed by atoms with Gasteiger partial charge in [-0.15, -0.1) is 0 Å². The lowest BCUT2D eigenvalue weighted by Gasteiger charge is -2.30. The maximum atomic E-state index is 12.8. The smallest absolute Gasteiger partial charge is 0.360 e. The van der Waals surface area contributed by atoms with Crippen LogP contribution in [0.4, 0.5) is 32.0 Å². The lowest BCUT2D eigenvalue weighted by Crippen LogP contribution is -2.39. The molecule has 0 heterocycles. The van der Waals surface area contributed by atoms with Gasteiger partial charge in [0.1, 0.15) is 6.54 Å². The molecule has 0 aliphatic rings. The summed E-state index contributed by atoms with van der Waals surface area (Å²) in [7, 11) is 0. The standard InChI is InChI=1S/C13H12F6N2/c1-8(2)21(7-12(14,15)16)10-4-3-9(6-20)11(5-10)13(17,18)19/h3-5,8H,7H2,1-2H3. The number of anilines is 1. The van der Waals surface area contributed by atoms with Crippen LogP contribution in [0, 0.1) is 11.3 Å². The predicted molar refractivity (Wildman–Crippen MR) is 64.7 cm³/mol. The summed E-state index contributed by atoms with van der Waals surface area (Å²) in [6.07, 6.45) is -9.35. The zero-order valence-electron chi connectivity index (χ0n) is 11.2. The Bertz CT molecular complexity index is 539. The first kappa shape index (κ1) is 17.1. The molecular formula is C13H12F6N2. The second-order valence-corrected chi connectivity index (χ2v) is 4.68. The minimum Gasteiger partial charge on any atom is -0.360 e. The molecule has 1 aromatic carbocycles. The van der Waals surface area contributed by atoms with Gasteiger partial charge in [0.05, 0.1) is 17.2 Å². The van der Waals surface area contributed by atoms with Crippen LogP contribution in [0.1, 0.15) is 25.0 Å². The number of hydrogen-bond donors (Lipinski definition) is 0. The molecule has 0 saturated carbocycles. The van der Waals surface area contributed by atoms with Gasteiger partial charge in [-0.25, -0.2) is 0 Å². The summed E-state index contributed by atoms with van der Waals surface area (Å²) < 4.78 is 76.0. The number of nitriles is 1. The molecule has 1 aromatic rings. The third kappa shape index (κ3) is 4.55. The maximum Gasteiger partial charge on any atom is 0.417 e. The van der Waals surface area contributed by atoms with E-state index in [4.69, 9.17) is 5.26 Å². The van der Waals surface area contributed by atoms with Crippen molar-refractivity contribution in [3.05, 3.63) is 29.3 Å². The van der Waals surface area contributed by atoms with Crippen LogP contribution in [0.3, 0.4) is 0 Å². The Labute approximate surface area is 117 Å². The predicted octanol–water partition coefficient (Wildman–Crippen LogP) is 4.35. The van der Waals surface area contributed by atoms with Gasteiger partial charge < -0.3 is 4.90 Å². The van der Waals surface area contributed by atoms with Gasteiger partial charge >= 0.3 is 12.4 Å². The Morgan fingerprint density at radius 2 is 1.71 bits per heavy atom. The fourth-order valence-electron chi connectivity index (χ4n) is 1.81. The minimum absolute atomic E-state index is 0.228. The van der Waals surface area contributed by atoms with Crippen molar-refractivity contribution in [3.63, 3.8) is 0 Å². The van der Waals surface area contributed by atoms with Gasteiger partial charge in [-0.2, -0.15) is 31.6 Å². The number of rotatable bonds is 3. The van der Waals surface area contributed by atoms with E-state index in [1.807, 2.05) is 0 Å². The molecule has 0 bridgehead atoms. The molecule has 0 amide bonds. The van der Waals surface area contributed by atoms with Gasteiger partial charge in [0.15, 0.2) is 0 Å². The molecule has 0 fully saturated rings. The monoisotopic (exact) mass is 310 g/mol. The van der Waals surface area contributed by atoms with Gasteiger partial charge in [0, 0.05) is 11.7 Å². The largest absolute Gasteiger partial charge is 0.417 e. The molecule has 8 heteroatoms. The highest BCUT2D eigenvalue weighted by Gasteiger charge is 2.36. The second kappa shape index (κ2) is 5.84. The molecule has 0 N–H and O–H groups in total. The van der Waals surface area contributed by atoms with Crippen molar-refractivity contribution in [3.8, 4) is 6.07 Å². The summed E-state index contributed by atoms with van der Waals surface area (Å²) in [6.45, 7) is 1.52. The summed E-state index contributed by atoms with van der Waals surface area (Å²) in [4.78, 5) is 0.802. The first-order valence-corrected chi connectivity index (χ1v) is 5.90. The van der Waals surface area contributed by atoms with Crippen molar-refractivity contribution in [2.24, 2.45) is 0 Å². The molecule has 2 nitrogen and oxygen atoms in total. The zero-order chi connectivity index (χ0) is 16.4. The van der Waals surface area contributed by atoms with E-state index in [1.54, 1.807) is 0 Å². The molecule has 116 valence electrons. The fraction of sp³-hybridized carbons (Fsp3) is 0.462. The molecule has 0 aromatic heterocycles. The summed E-state index contributed by atoms with van der Waals surface area (Å²) >= 11 is 0. The minimum atomic E-state index is -4.80. The Morgan fingerprint density at radius 3 is 2.10 bits per heavy atom. The van der Waals surface area contributed by atoms with Crippen LogP contribution in [-0.2, 0) is 6.18 Å². The van der Waals surface area contributed by atoms with Crippen molar-refractivity contribution in [1.29, 1.82) is 5.26 Å². The van der Waals surface area contributed by atoms with Crippen molar-refractivity contribution < 1.29 is 26.3 Å². The van der Waals surface area contributed by atoms with E-state index in [9.17, 15) is 26.3 Å². The summed E-state index contributed by atoms with van der Waals surface area (Å²) in [5.74, 6) is 0. The summed E-state index contributed by atoms with van der Waals surface area (Å²) in [6, 6.07) is 3.27. The third-order valence-corrected chi connectivity index (χ3v) is 2.73. The normalized spacial score (nSPS) is 12.4. The van der Waals surface area contributed by atoms with E-state index in [0.717, 1.165) is 17.0 Å². The molecule has 0 aliphatic heterocycles. The highest BCUT2D eigenvalue weighted by Crippen LogP contribution is 2.35. The van der Waals surface area contributed by atoms with Crippen LogP contribution in [0.15, 0.2) is 18.2 Å². The number of benzene rings is 1. The summed E-state index contributed by atoms with van der Waals surface area (Å²) in [5, 5.41) is 8.66. The van der Waals surface area contributed by atoms with Crippen LogP contribution < -0.4 is 4.90 Å². The van der Waals surface area contributed by atoms with E-state index < -0.39 is 36.1 Å². The van der Waals surface area contributed by atoms with Crippen LogP contribution in [0.25, 0.3) is 0 Å². The first-order chi connectivity index (χ1) is 9.45. The number of nitrogens with zero attached hydrogens (tertiary/aromatic N) is 2. The average Bonchev–Trinajstić information content (AvgIpc) is 2.33. The van der Waals surface area contributed by atoms with E-state index in [0.29, 0.717) is 6.07 Å². The lowest BCUT2D eigenvalue weighted by molar-refractivity contribution is -0.137. The Hall–Kier alpha value is -1.91. The SMILES string of the molecule is CC(C)N(CC(F)(F)F)c1ccc(C#N)c(C(F)(F)F)c1. The molecule has 1 rings (SSSR count). The number of alkyl halides is 6. The topological polar surface area (TPSA) is 27.0 Å². The molecule has 21 heavy (non-hydrogen) atoms. The van der Waals surface area contributed by atoms with Crippen LogP contribution in [0.2, 0.25) is 0 Å². The first-order valence-electron chi connectivity index (χ1n) is 5.90. The molecule has 0 saturated heterocycles. The highest BCUT2D eigenvalue weighted by molar-refractivity contribution is 5.55. The fourth-order valence-corrected chi connectivity index (χ4v) is 1.81. The molecule has 0 spiro atoms. The third-order valence-electron chi connectivity index (χ3n) is 2.73. The molecule has 0 unspecified atom stereocenters. The summed E-state index contributed by atoms with van der Waals surface area (Å²) in [5.41, 5.74) is -2.09. The van der Waals surface area contributed by atoms with Crippen LogP contribution in [0.5, 0.6) is 0 Å². The van der Waals surface area contributed by atoms with Gasteiger partial charge in [-0.05, 0) is 32.0 Å². The molecule has 0 aliphatic carbocycles. The van der Waals surface area contributed by atoms with Crippen molar-refractivity contribution in [2.75, 3.05) is 11.4 Å². The van der Waals surface area contributed by atoms with E-state index in [-0.39, 0.29) is 5.69 Å². The lowest BCUT2D eigenvalue weighted by atomic mass is 10.1. The van der Waals surface area contributed by atoms with Crippen molar-refractivity contribution in [1.82, 2.24) is 0 Å². The van der Waals surface area contributed by atoms with Gasteiger partial charge in [0.2, 0.25) is 0 Å². The van der Waals surface area contributed by atoms with E-state index >= 15 is 0 Å². The Morgan fingerprint density at radius 1 is 1.14 bits per heavy atom. The van der Waals surface area contributed by atoms with Crippen molar-refractivity contribution in [2.45, 2.75) is 32.2 Å². The van der Waals surface area contributed by atoms with Gasteiger partial charge in [-0.3, -0.25) is 0 Å². The van der Waals surface area contributed by atoms with Crippen LogP contribution in [-0.4, -0.2) is 18.8 Å². The number of hydrogen-bond acceptors (Lipinski definition) is 2. The van der Waals surface area contributed by atoms with Crippen molar-refractivity contribution >= 4 is 5.69 Å². The van der Waals surface area contributed by atoms with Gasteiger partial charge in [0.25, 0.3) is 0 Å². The number of halogens is 6. The molecule has 0 atom stereocenters. The average molecular weight is 310 g/mol. The van der Waals surface area contributed by atoms with E-state index in [1.165, 1.54) is 19.9 Å². The zero-order valence-corrected chi connectivity index (χ0v) is 11.2. The van der Waals surface area contributed by atoms with Crippen LogP contribution >= 0.6 is 0 Å². The molecular weight excluding hydrogens is 298 g/mol. The second-order valence-electron chi connectivity index (χ2n) is 4.68. The molecule has 0 radical (unpaired) electrons. The van der Waals surface area contributed by atoms with E-state index in [2.05, 4.69) is 0 Å². The maximum absolute atomic E-state index is 12.8.